The molecular weight excluding hydrogens is 402 g/mol. The van der Waals surface area contributed by atoms with E-state index in [0.29, 0.717) is 37.6 Å². The van der Waals surface area contributed by atoms with Gasteiger partial charge in [-0.2, -0.15) is 0 Å². The van der Waals surface area contributed by atoms with Crippen LogP contribution in [0, 0.1) is 11.6 Å². The number of rotatable bonds is 6. The lowest BCUT2D eigenvalue weighted by Gasteiger charge is -2.30. The summed E-state index contributed by atoms with van der Waals surface area (Å²) in [7, 11) is 0. The molecule has 1 heterocycles. The minimum Gasteiger partial charge on any atom is -0.394 e. The first-order valence-corrected chi connectivity index (χ1v) is 9.53. The summed E-state index contributed by atoms with van der Waals surface area (Å²) in [5.41, 5.74) is 1.05. The van der Waals surface area contributed by atoms with Gasteiger partial charge in [-0.3, -0.25) is 4.79 Å². The van der Waals surface area contributed by atoms with Crippen LogP contribution in [0.25, 0.3) is 6.08 Å². The molecule has 1 amide bonds. The van der Waals surface area contributed by atoms with Crippen molar-refractivity contribution in [2.75, 3.05) is 37.8 Å². The third-order valence-corrected chi connectivity index (χ3v) is 4.95. The topological polar surface area (TPSA) is 61.8 Å². The fourth-order valence-corrected chi connectivity index (χ4v) is 3.30. The SMILES string of the molecule is O=C(/C=C/c1c(F)cccc1Cl)N[C@@H](CO)c1ccc(F)c(N2CCOCC2)c1. The molecular formula is C21H21ClF2N2O3. The first-order valence-electron chi connectivity index (χ1n) is 9.15. The Morgan fingerprint density at radius 2 is 2.00 bits per heavy atom. The Bertz CT molecular complexity index is 881. The summed E-state index contributed by atoms with van der Waals surface area (Å²) >= 11 is 5.94. The average molecular weight is 423 g/mol. The van der Waals surface area contributed by atoms with Crippen molar-refractivity contribution in [2.24, 2.45) is 0 Å². The van der Waals surface area contributed by atoms with Gasteiger partial charge in [0.05, 0.1) is 36.6 Å². The van der Waals surface area contributed by atoms with Gasteiger partial charge in [-0.25, -0.2) is 8.78 Å². The first-order chi connectivity index (χ1) is 14.0. The van der Waals surface area contributed by atoms with Gasteiger partial charge in [-0.15, -0.1) is 0 Å². The van der Waals surface area contributed by atoms with Crippen LogP contribution in [0.15, 0.2) is 42.5 Å². The van der Waals surface area contributed by atoms with Crippen molar-refractivity contribution in [3.8, 4) is 0 Å². The van der Waals surface area contributed by atoms with E-state index in [-0.39, 0.29) is 23.0 Å². The monoisotopic (exact) mass is 422 g/mol. The lowest BCUT2D eigenvalue weighted by molar-refractivity contribution is -0.117. The van der Waals surface area contributed by atoms with Crippen LogP contribution in [-0.4, -0.2) is 43.9 Å². The van der Waals surface area contributed by atoms with E-state index in [2.05, 4.69) is 5.32 Å². The summed E-state index contributed by atoms with van der Waals surface area (Å²) in [6.45, 7) is 1.75. The maximum atomic E-state index is 14.3. The molecule has 2 aromatic carbocycles. The molecule has 1 aliphatic rings. The molecule has 1 fully saturated rings. The fraction of sp³-hybridized carbons (Fsp3) is 0.286. The van der Waals surface area contributed by atoms with Crippen LogP contribution >= 0.6 is 11.6 Å². The molecule has 1 atom stereocenters. The summed E-state index contributed by atoms with van der Waals surface area (Å²) < 4.78 is 33.4. The molecule has 0 spiro atoms. The zero-order valence-electron chi connectivity index (χ0n) is 15.6. The first kappa shape index (κ1) is 21.2. The second-order valence-electron chi connectivity index (χ2n) is 6.52. The predicted molar refractivity (Wildman–Crippen MR) is 108 cm³/mol. The predicted octanol–water partition coefficient (Wildman–Crippen LogP) is 3.32. The van der Waals surface area contributed by atoms with E-state index in [4.69, 9.17) is 16.3 Å². The average Bonchev–Trinajstić information content (AvgIpc) is 2.73. The number of hydrogen-bond donors (Lipinski definition) is 2. The quantitative estimate of drug-likeness (QED) is 0.701. The van der Waals surface area contributed by atoms with Gasteiger partial charge in [0.1, 0.15) is 11.6 Å². The molecule has 154 valence electrons. The Balaban J connectivity index is 1.74. The second-order valence-corrected chi connectivity index (χ2v) is 6.93. The molecule has 0 unspecified atom stereocenters. The number of nitrogens with one attached hydrogen (secondary N) is 1. The minimum atomic E-state index is -0.747. The fourth-order valence-electron chi connectivity index (χ4n) is 3.08. The molecule has 29 heavy (non-hydrogen) atoms. The number of morpholine rings is 1. The van der Waals surface area contributed by atoms with Crippen molar-refractivity contribution in [1.29, 1.82) is 0 Å². The van der Waals surface area contributed by atoms with Crippen LogP contribution < -0.4 is 10.2 Å². The van der Waals surface area contributed by atoms with Gasteiger partial charge in [0.25, 0.3) is 0 Å². The molecule has 1 saturated heterocycles. The van der Waals surface area contributed by atoms with Crippen molar-refractivity contribution in [3.05, 3.63) is 70.3 Å². The van der Waals surface area contributed by atoms with Gasteiger partial charge < -0.3 is 20.1 Å². The number of benzene rings is 2. The Kier molecular flexibility index (Phi) is 7.19. The van der Waals surface area contributed by atoms with Crippen LogP contribution in [-0.2, 0) is 9.53 Å². The number of anilines is 1. The van der Waals surface area contributed by atoms with Gasteiger partial charge in [0, 0.05) is 24.7 Å². The summed E-state index contributed by atoms with van der Waals surface area (Å²) in [5, 5.41) is 12.5. The summed E-state index contributed by atoms with van der Waals surface area (Å²) in [5.74, 6) is -1.47. The van der Waals surface area contributed by atoms with E-state index in [1.165, 1.54) is 36.4 Å². The number of carbonyl (C=O) groups excluding carboxylic acids is 1. The maximum Gasteiger partial charge on any atom is 0.244 e. The van der Waals surface area contributed by atoms with E-state index in [1.54, 1.807) is 6.07 Å². The number of hydrogen-bond acceptors (Lipinski definition) is 4. The van der Waals surface area contributed by atoms with E-state index in [1.807, 2.05) is 4.90 Å². The number of aliphatic hydroxyl groups is 1. The molecule has 0 bridgehead atoms. The Labute approximate surface area is 172 Å². The van der Waals surface area contributed by atoms with Gasteiger partial charge in [0.2, 0.25) is 5.91 Å². The molecule has 2 aromatic rings. The largest absolute Gasteiger partial charge is 0.394 e. The lowest BCUT2D eigenvalue weighted by Crippen LogP contribution is -2.37. The highest BCUT2D eigenvalue weighted by atomic mass is 35.5. The number of carbonyl (C=O) groups is 1. The van der Waals surface area contributed by atoms with Gasteiger partial charge >= 0.3 is 0 Å². The Morgan fingerprint density at radius 3 is 2.69 bits per heavy atom. The number of nitrogens with zero attached hydrogens (tertiary/aromatic N) is 1. The molecule has 8 heteroatoms. The highest BCUT2D eigenvalue weighted by molar-refractivity contribution is 6.32. The normalized spacial score (nSPS) is 15.5. The van der Waals surface area contributed by atoms with Gasteiger partial charge in [0.15, 0.2) is 0 Å². The minimum absolute atomic E-state index is 0.0984. The molecule has 0 radical (unpaired) electrons. The Morgan fingerprint density at radius 1 is 1.24 bits per heavy atom. The standard InChI is InChI=1S/C21H21ClF2N2O3/c22-16-2-1-3-17(23)15(16)5-7-21(28)25-19(13-27)14-4-6-18(24)20(12-14)26-8-10-29-11-9-26/h1-7,12,19,27H,8-11,13H2,(H,25,28)/b7-5+/t19-/m0/s1. The van der Waals surface area contributed by atoms with Crippen LogP contribution in [0.5, 0.6) is 0 Å². The summed E-state index contributed by atoms with van der Waals surface area (Å²) in [4.78, 5) is 14.1. The number of halogens is 3. The molecule has 2 N–H and O–H groups in total. The van der Waals surface area contributed by atoms with Crippen LogP contribution in [0.3, 0.4) is 0 Å². The van der Waals surface area contributed by atoms with Gasteiger partial charge in [-0.1, -0.05) is 23.7 Å². The van der Waals surface area contributed by atoms with E-state index < -0.39 is 17.8 Å². The zero-order valence-corrected chi connectivity index (χ0v) is 16.3. The van der Waals surface area contributed by atoms with Crippen molar-refractivity contribution in [3.63, 3.8) is 0 Å². The van der Waals surface area contributed by atoms with Crippen molar-refractivity contribution < 1.29 is 23.4 Å². The maximum absolute atomic E-state index is 14.3. The summed E-state index contributed by atoms with van der Waals surface area (Å²) in [6.07, 6.45) is 2.41. The van der Waals surface area contributed by atoms with Crippen LogP contribution in [0.1, 0.15) is 17.2 Å². The lowest BCUT2D eigenvalue weighted by atomic mass is 10.1. The van der Waals surface area contributed by atoms with Gasteiger partial charge in [-0.05, 0) is 35.9 Å². The van der Waals surface area contributed by atoms with E-state index in [9.17, 15) is 18.7 Å². The molecule has 0 aliphatic carbocycles. The number of amides is 1. The van der Waals surface area contributed by atoms with Crippen LogP contribution in [0.4, 0.5) is 14.5 Å². The molecule has 3 rings (SSSR count). The molecule has 1 aliphatic heterocycles. The molecule has 0 saturated carbocycles. The third-order valence-electron chi connectivity index (χ3n) is 4.62. The van der Waals surface area contributed by atoms with Crippen molar-refractivity contribution in [2.45, 2.75) is 6.04 Å². The molecule has 5 nitrogen and oxygen atoms in total. The van der Waals surface area contributed by atoms with Crippen molar-refractivity contribution in [1.82, 2.24) is 5.32 Å². The highest BCUT2D eigenvalue weighted by Gasteiger charge is 2.19. The Hall–Kier alpha value is -2.48. The van der Waals surface area contributed by atoms with Crippen LogP contribution in [0.2, 0.25) is 5.02 Å². The molecule has 0 aromatic heterocycles. The highest BCUT2D eigenvalue weighted by Crippen LogP contribution is 2.25. The second kappa shape index (κ2) is 9.82. The summed E-state index contributed by atoms with van der Waals surface area (Å²) in [6, 6.07) is 7.91. The van der Waals surface area contributed by atoms with Crippen molar-refractivity contribution >= 4 is 29.3 Å². The zero-order chi connectivity index (χ0) is 20.8. The van der Waals surface area contributed by atoms with E-state index in [0.717, 1.165) is 6.08 Å². The third kappa shape index (κ3) is 5.32. The van der Waals surface area contributed by atoms with E-state index >= 15 is 0 Å². The number of aliphatic hydroxyl groups excluding tert-OH is 1. The number of ether oxygens (including phenoxy) is 1. The smallest absolute Gasteiger partial charge is 0.244 e.